The van der Waals surface area contributed by atoms with Crippen molar-refractivity contribution >= 4 is 17.2 Å². The van der Waals surface area contributed by atoms with Crippen molar-refractivity contribution in [1.29, 1.82) is 0 Å². The van der Waals surface area contributed by atoms with Gasteiger partial charge in [0, 0.05) is 18.2 Å². The Morgan fingerprint density at radius 1 is 1.12 bits per heavy atom. The third-order valence-corrected chi connectivity index (χ3v) is 4.36. The predicted octanol–water partition coefficient (Wildman–Crippen LogP) is 4.01. The molecule has 0 atom stereocenters. The first-order valence-corrected chi connectivity index (χ1v) is 8.60. The minimum Gasteiger partial charge on any atom is -0.447 e. The van der Waals surface area contributed by atoms with Crippen LogP contribution in [0.4, 0.5) is 0 Å². The van der Waals surface area contributed by atoms with Crippen LogP contribution in [0.1, 0.15) is 20.9 Å². The standard InChI is InChI=1S/C19H18N2O3S/c1-23-13-15-8-7-14(11-20-15)19(22)21-12-17-9-10-18(25-17)24-16-5-3-2-4-6-16/h2-11H,12-13H2,1H3,(H,21,22). The van der Waals surface area contributed by atoms with Crippen molar-refractivity contribution < 1.29 is 14.3 Å². The number of methoxy groups -OCH3 is 1. The van der Waals surface area contributed by atoms with Gasteiger partial charge in [-0.05, 0) is 36.4 Å². The van der Waals surface area contributed by atoms with Crippen LogP contribution in [0.5, 0.6) is 10.8 Å². The molecule has 0 aliphatic carbocycles. The Morgan fingerprint density at radius 3 is 2.68 bits per heavy atom. The van der Waals surface area contributed by atoms with E-state index in [2.05, 4.69) is 10.3 Å². The maximum Gasteiger partial charge on any atom is 0.253 e. The summed E-state index contributed by atoms with van der Waals surface area (Å²) in [6.45, 7) is 0.878. The molecule has 0 saturated carbocycles. The molecule has 0 fully saturated rings. The Bertz CT molecular complexity index is 816. The third kappa shape index (κ3) is 4.89. The van der Waals surface area contributed by atoms with Gasteiger partial charge in [-0.15, -0.1) is 11.3 Å². The lowest BCUT2D eigenvalue weighted by Gasteiger charge is -2.05. The fraction of sp³-hybridized carbons (Fsp3) is 0.158. The second-order valence-electron chi connectivity index (χ2n) is 5.29. The van der Waals surface area contributed by atoms with Gasteiger partial charge in [0.1, 0.15) is 5.75 Å². The van der Waals surface area contributed by atoms with Crippen LogP contribution >= 0.6 is 11.3 Å². The van der Waals surface area contributed by atoms with Gasteiger partial charge in [-0.3, -0.25) is 9.78 Å². The molecule has 0 unspecified atom stereocenters. The van der Waals surface area contributed by atoms with E-state index in [1.807, 2.05) is 42.5 Å². The monoisotopic (exact) mass is 354 g/mol. The van der Waals surface area contributed by atoms with Crippen molar-refractivity contribution in [3.05, 3.63) is 76.9 Å². The summed E-state index contributed by atoms with van der Waals surface area (Å²) in [4.78, 5) is 17.4. The van der Waals surface area contributed by atoms with Gasteiger partial charge in [-0.25, -0.2) is 0 Å². The van der Waals surface area contributed by atoms with Crippen LogP contribution < -0.4 is 10.1 Å². The van der Waals surface area contributed by atoms with Crippen LogP contribution in [-0.2, 0) is 17.9 Å². The molecule has 0 aliphatic heterocycles. The lowest BCUT2D eigenvalue weighted by Crippen LogP contribution is -2.22. The molecule has 128 valence electrons. The molecule has 6 heteroatoms. The maximum atomic E-state index is 12.2. The molecule has 3 aromatic rings. The van der Waals surface area contributed by atoms with Gasteiger partial charge >= 0.3 is 0 Å². The average Bonchev–Trinajstić information content (AvgIpc) is 3.09. The quantitative estimate of drug-likeness (QED) is 0.696. The number of carbonyl (C=O) groups is 1. The van der Waals surface area contributed by atoms with Crippen molar-refractivity contribution in [2.75, 3.05) is 7.11 Å². The van der Waals surface area contributed by atoms with Crippen LogP contribution in [0, 0.1) is 0 Å². The molecule has 5 nitrogen and oxygen atoms in total. The van der Waals surface area contributed by atoms with E-state index < -0.39 is 0 Å². The number of rotatable bonds is 7. The first kappa shape index (κ1) is 17.1. The molecule has 2 aromatic heterocycles. The number of nitrogens with one attached hydrogen (secondary N) is 1. The molecule has 25 heavy (non-hydrogen) atoms. The van der Waals surface area contributed by atoms with Crippen molar-refractivity contribution in [1.82, 2.24) is 10.3 Å². The fourth-order valence-electron chi connectivity index (χ4n) is 2.17. The highest BCUT2D eigenvalue weighted by Gasteiger charge is 2.08. The summed E-state index contributed by atoms with van der Waals surface area (Å²) in [6.07, 6.45) is 1.56. The third-order valence-electron chi connectivity index (χ3n) is 3.40. The highest BCUT2D eigenvalue weighted by molar-refractivity contribution is 7.13. The Kier molecular flexibility index (Phi) is 5.77. The van der Waals surface area contributed by atoms with Crippen molar-refractivity contribution in [3.63, 3.8) is 0 Å². The van der Waals surface area contributed by atoms with Gasteiger partial charge in [0.15, 0.2) is 5.06 Å². The summed E-state index contributed by atoms with van der Waals surface area (Å²) in [5, 5.41) is 3.68. The van der Waals surface area contributed by atoms with E-state index in [1.54, 1.807) is 25.4 Å². The molecular weight excluding hydrogens is 336 g/mol. The summed E-state index contributed by atoms with van der Waals surface area (Å²) >= 11 is 1.50. The number of aromatic nitrogens is 1. The van der Waals surface area contributed by atoms with Gasteiger partial charge < -0.3 is 14.8 Å². The molecule has 1 N–H and O–H groups in total. The van der Waals surface area contributed by atoms with Crippen molar-refractivity contribution in [2.45, 2.75) is 13.2 Å². The number of hydrogen-bond donors (Lipinski definition) is 1. The molecule has 3 rings (SSSR count). The largest absolute Gasteiger partial charge is 0.447 e. The molecule has 0 spiro atoms. The van der Waals surface area contributed by atoms with E-state index in [-0.39, 0.29) is 5.91 Å². The van der Waals surface area contributed by atoms with E-state index in [9.17, 15) is 4.79 Å². The van der Waals surface area contributed by atoms with Crippen LogP contribution in [0.3, 0.4) is 0 Å². The smallest absolute Gasteiger partial charge is 0.253 e. The normalized spacial score (nSPS) is 10.4. The zero-order valence-electron chi connectivity index (χ0n) is 13.8. The Morgan fingerprint density at radius 2 is 1.96 bits per heavy atom. The Labute approximate surface area is 150 Å². The topological polar surface area (TPSA) is 60.5 Å². The first-order valence-electron chi connectivity index (χ1n) is 7.78. The first-order chi connectivity index (χ1) is 12.2. The summed E-state index contributed by atoms with van der Waals surface area (Å²) in [7, 11) is 1.61. The number of ether oxygens (including phenoxy) is 2. The molecule has 0 radical (unpaired) electrons. The number of nitrogens with zero attached hydrogens (tertiary/aromatic N) is 1. The molecular formula is C19H18N2O3S. The van der Waals surface area contributed by atoms with Gasteiger partial charge in [0.25, 0.3) is 5.91 Å². The number of carbonyl (C=O) groups excluding carboxylic acids is 1. The van der Waals surface area contributed by atoms with E-state index in [0.29, 0.717) is 18.7 Å². The van der Waals surface area contributed by atoms with Gasteiger partial charge in [0.2, 0.25) is 0 Å². The predicted molar refractivity (Wildman–Crippen MR) is 97.0 cm³/mol. The van der Waals surface area contributed by atoms with E-state index >= 15 is 0 Å². The molecule has 0 saturated heterocycles. The summed E-state index contributed by atoms with van der Waals surface area (Å²) in [6, 6.07) is 17.0. The number of para-hydroxylation sites is 1. The van der Waals surface area contributed by atoms with E-state index in [0.717, 1.165) is 21.4 Å². The van der Waals surface area contributed by atoms with Gasteiger partial charge in [0.05, 0.1) is 24.4 Å². The molecule has 1 amide bonds. The van der Waals surface area contributed by atoms with Gasteiger partial charge in [-0.2, -0.15) is 0 Å². The zero-order valence-corrected chi connectivity index (χ0v) is 14.6. The van der Waals surface area contributed by atoms with E-state index in [4.69, 9.17) is 9.47 Å². The van der Waals surface area contributed by atoms with Crippen molar-refractivity contribution in [3.8, 4) is 10.8 Å². The Hall–Kier alpha value is -2.70. The average molecular weight is 354 g/mol. The van der Waals surface area contributed by atoms with Gasteiger partial charge in [-0.1, -0.05) is 18.2 Å². The second-order valence-corrected chi connectivity index (χ2v) is 6.42. The minimum atomic E-state index is -0.157. The number of benzene rings is 1. The number of amides is 1. The SMILES string of the molecule is COCc1ccc(C(=O)NCc2ccc(Oc3ccccc3)s2)cn1. The minimum absolute atomic E-state index is 0.157. The lowest BCUT2D eigenvalue weighted by atomic mass is 10.2. The molecule has 2 heterocycles. The molecule has 1 aromatic carbocycles. The van der Waals surface area contributed by atoms with Crippen LogP contribution in [-0.4, -0.2) is 18.0 Å². The lowest BCUT2D eigenvalue weighted by molar-refractivity contribution is 0.0950. The zero-order chi connectivity index (χ0) is 17.5. The summed E-state index contributed by atoms with van der Waals surface area (Å²) < 4.78 is 10.8. The van der Waals surface area contributed by atoms with Crippen LogP contribution in [0.25, 0.3) is 0 Å². The molecule has 0 aliphatic rings. The Balaban J connectivity index is 1.54. The van der Waals surface area contributed by atoms with Crippen molar-refractivity contribution in [2.24, 2.45) is 0 Å². The van der Waals surface area contributed by atoms with Crippen LogP contribution in [0.2, 0.25) is 0 Å². The maximum absolute atomic E-state index is 12.2. The summed E-state index contributed by atoms with van der Waals surface area (Å²) in [5.41, 5.74) is 1.32. The van der Waals surface area contributed by atoms with Crippen LogP contribution in [0.15, 0.2) is 60.8 Å². The highest BCUT2D eigenvalue weighted by atomic mass is 32.1. The second kappa shape index (κ2) is 8.41. The number of pyridine rings is 1. The number of hydrogen-bond acceptors (Lipinski definition) is 5. The molecule has 0 bridgehead atoms. The number of thiophene rings is 1. The fourth-order valence-corrected chi connectivity index (χ4v) is 2.99. The van der Waals surface area contributed by atoms with E-state index in [1.165, 1.54) is 11.3 Å². The highest BCUT2D eigenvalue weighted by Crippen LogP contribution is 2.29. The summed E-state index contributed by atoms with van der Waals surface area (Å²) in [5.74, 6) is 0.637.